The minimum atomic E-state index is -0.275. The Kier molecular flexibility index (Phi) is 5.54. The van der Waals surface area contributed by atoms with Crippen LogP contribution in [-0.2, 0) is 11.2 Å². The van der Waals surface area contributed by atoms with E-state index in [2.05, 4.69) is 20.5 Å². The zero-order chi connectivity index (χ0) is 16.9. The van der Waals surface area contributed by atoms with Gasteiger partial charge < -0.3 is 0 Å². The Morgan fingerprint density at radius 1 is 1.29 bits per heavy atom. The number of carbonyl (C=O) groups excluding carboxylic acids is 1. The van der Waals surface area contributed by atoms with E-state index in [9.17, 15) is 9.18 Å². The van der Waals surface area contributed by atoms with Crippen molar-refractivity contribution in [3.8, 4) is 11.3 Å². The lowest BCUT2D eigenvalue weighted by atomic mass is 10.2. The summed E-state index contributed by atoms with van der Waals surface area (Å²) in [5, 5.41) is 13.9. The summed E-state index contributed by atoms with van der Waals surface area (Å²) >= 11 is 4.19. The third kappa shape index (κ3) is 4.37. The van der Waals surface area contributed by atoms with E-state index in [4.69, 9.17) is 0 Å². The fourth-order valence-electron chi connectivity index (χ4n) is 1.81. The number of nitrogens with one attached hydrogen (secondary N) is 1. The number of anilines is 1. The lowest BCUT2D eigenvalue weighted by Crippen LogP contribution is -2.13. The Bertz CT molecular complexity index is 831. The van der Waals surface area contributed by atoms with Gasteiger partial charge in [0.2, 0.25) is 11.0 Å². The minimum absolute atomic E-state index is 0.141. The number of thioether (sulfide) groups is 1. The Morgan fingerprint density at radius 2 is 2.08 bits per heavy atom. The van der Waals surface area contributed by atoms with Crippen molar-refractivity contribution in [1.29, 1.82) is 0 Å². The summed E-state index contributed by atoms with van der Waals surface area (Å²) in [7, 11) is 0. The fourth-order valence-corrected chi connectivity index (χ4v) is 4.14. The zero-order valence-corrected chi connectivity index (χ0v) is 15.1. The first-order valence-corrected chi connectivity index (χ1v) is 9.78. The molecule has 2 heterocycles. The average Bonchev–Trinajstić information content (AvgIpc) is 3.23. The molecule has 0 saturated carbocycles. The van der Waals surface area contributed by atoms with Crippen LogP contribution in [0.15, 0.2) is 34.0 Å². The molecule has 0 fully saturated rings. The number of nitrogens with zero attached hydrogens (tertiary/aromatic N) is 3. The molecule has 0 unspecified atom stereocenters. The molecule has 24 heavy (non-hydrogen) atoms. The maximum Gasteiger partial charge on any atom is 0.236 e. The number of hydrogen-bond acceptors (Lipinski definition) is 7. The van der Waals surface area contributed by atoms with Gasteiger partial charge >= 0.3 is 0 Å². The molecule has 1 N–H and O–H groups in total. The van der Waals surface area contributed by atoms with E-state index >= 15 is 0 Å². The van der Waals surface area contributed by atoms with Crippen LogP contribution in [0.25, 0.3) is 11.3 Å². The van der Waals surface area contributed by atoms with Crippen LogP contribution >= 0.6 is 34.4 Å². The van der Waals surface area contributed by atoms with Gasteiger partial charge in [0.15, 0.2) is 4.34 Å². The number of hydrogen-bond donors (Lipinski definition) is 1. The van der Waals surface area contributed by atoms with Gasteiger partial charge in [-0.3, -0.25) is 10.1 Å². The van der Waals surface area contributed by atoms with Crippen molar-refractivity contribution < 1.29 is 9.18 Å². The number of halogens is 1. The van der Waals surface area contributed by atoms with Crippen LogP contribution < -0.4 is 5.32 Å². The van der Waals surface area contributed by atoms with Crippen LogP contribution in [0.5, 0.6) is 0 Å². The Labute approximate surface area is 150 Å². The van der Waals surface area contributed by atoms with E-state index in [0.29, 0.717) is 5.13 Å². The average molecular weight is 380 g/mol. The molecule has 5 nitrogen and oxygen atoms in total. The molecule has 3 rings (SSSR count). The van der Waals surface area contributed by atoms with Crippen molar-refractivity contribution in [2.75, 3.05) is 11.1 Å². The van der Waals surface area contributed by atoms with Gasteiger partial charge in [0, 0.05) is 10.9 Å². The highest BCUT2D eigenvalue weighted by molar-refractivity contribution is 8.01. The molecule has 3 aromatic rings. The molecule has 0 aliphatic rings. The van der Waals surface area contributed by atoms with Gasteiger partial charge in [0.05, 0.1) is 11.4 Å². The quantitative estimate of drug-likeness (QED) is 0.652. The molecule has 0 spiro atoms. The molecule has 9 heteroatoms. The Hall–Kier alpha value is -1.84. The molecule has 2 aromatic heterocycles. The highest BCUT2D eigenvalue weighted by Crippen LogP contribution is 2.28. The molecule has 0 aliphatic carbocycles. The Morgan fingerprint density at radius 3 is 2.79 bits per heavy atom. The third-order valence-electron chi connectivity index (χ3n) is 2.97. The minimum Gasteiger partial charge on any atom is -0.300 e. The van der Waals surface area contributed by atoms with Crippen LogP contribution in [0.3, 0.4) is 0 Å². The molecule has 0 aliphatic heterocycles. The van der Waals surface area contributed by atoms with Crippen molar-refractivity contribution >= 4 is 45.5 Å². The second kappa shape index (κ2) is 7.82. The lowest BCUT2D eigenvalue weighted by Gasteiger charge is -1.99. The second-order valence-corrected chi connectivity index (χ2v) is 7.84. The smallest absolute Gasteiger partial charge is 0.236 e. The SMILES string of the molecule is CCc1nnc(NC(=O)CSc2nc(-c3ccc(F)cc3)cs2)s1. The summed E-state index contributed by atoms with van der Waals surface area (Å²) in [4.78, 5) is 16.4. The summed E-state index contributed by atoms with van der Waals surface area (Å²) in [6.45, 7) is 1.99. The monoisotopic (exact) mass is 380 g/mol. The third-order valence-corrected chi connectivity index (χ3v) is 5.97. The fraction of sp³-hybridized carbons (Fsp3) is 0.200. The van der Waals surface area contributed by atoms with Gasteiger partial charge in [-0.15, -0.1) is 21.5 Å². The highest BCUT2D eigenvalue weighted by Gasteiger charge is 2.10. The maximum atomic E-state index is 12.9. The molecule has 1 aromatic carbocycles. The molecular weight excluding hydrogens is 367 g/mol. The van der Waals surface area contributed by atoms with Crippen LogP contribution in [0.4, 0.5) is 9.52 Å². The molecule has 0 saturated heterocycles. The van der Waals surface area contributed by atoms with E-state index in [1.165, 1.54) is 46.6 Å². The first-order chi connectivity index (χ1) is 11.6. The first-order valence-electron chi connectivity index (χ1n) is 7.10. The molecule has 0 bridgehead atoms. The maximum absolute atomic E-state index is 12.9. The van der Waals surface area contributed by atoms with Crippen molar-refractivity contribution in [3.05, 3.63) is 40.5 Å². The van der Waals surface area contributed by atoms with Gasteiger partial charge in [0.1, 0.15) is 10.8 Å². The number of carbonyl (C=O) groups is 1. The number of amides is 1. The van der Waals surface area contributed by atoms with Crippen molar-refractivity contribution in [3.63, 3.8) is 0 Å². The molecular formula is C15H13FN4OS3. The van der Waals surface area contributed by atoms with Gasteiger partial charge in [-0.1, -0.05) is 30.0 Å². The van der Waals surface area contributed by atoms with E-state index < -0.39 is 0 Å². The molecule has 1 amide bonds. The topological polar surface area (TPSA) is 67.8 Å². The molecule has 0 radical (unpaired) electrons. The number of aryl methyl sites for hydroxylation is 1. The van der Waals surface area contributed by atoms with E-state index in [1.807, 2.05) is 12.3 Å². The van der Waals surface area contributed by atoms with E-state index in [0.717, 1.165) is 27.0 Å². The summed E-state index contributed by atoms with van der Waals surface area (Å²) < 4.78 is 13.7. The summed E-state index contributed by atoms with van der Waals surface area (Å²) in [5.41, 5.74) is 1.63. The van der Waals surface area contributed by atoms with Crippen molar-refractivity contribution in [2.45, 2.75) is 17.7 Å². The van der Waals surface area contributed by atoms with E-state index in [-0.39, 0.29) is 17.5 Å². The second-order valence-electron chi connectivity index (χ2n) is 4.70. The van der Waals surface area contributed by atoms with Gasteiger partial charge in [-0.05, 0) is 30.7 Å². The summed E-state index contributed by atoms with van der Waals surface area (Å²) in [5.74, 6) is -0.169. The van der Waals surface area contributed by atoms with Crippen LogP contribution in [0.2, 0.25) is 0 Å². The zero-order valence-electron chi connectivity index (χ0n) is 12.7. The number of benzene rings is 1. The van der Waals surface area contributed by atoms with Gasteiger partial charge in [-0.2, -0.15) is 0 Å². The number of aromatic nitrogens is 3. The highest BCUT2D eigenvalue weighted by atomic mass is 32.2. The number of rotatable bonds is 6. The molecule has 0 atom stereocenters. The molecule has 124 valence electrons. The van der Waals surface area contributed by atoms with Crippen molar-refractivity contribution in [2.24, 2.45) is 0 Å². The Balaban J connectivity index is 1.55. The van der Waals surface area contributed by atoms with Crippen LogP contribution in [0.1, 0.15) is 11.9 Å². The predicted molar refractivity (Wildman–Crippen MR) is 96.1 cm³/mol. The standard InChI is InChI=1S/C15H13FN4OS3/c1-2-13-19-20-14(24-13)18-12(21)8-23-15-17-11(7-22-15)9-3-5-10(16)6-4-9/h3-7H,2,8H2,1H3,(H,18,20,21). The lowest BCUT2D eigenvalue weighted by molar-refractivity contribution is -0.113. The largest absolute Gasteiger partial charge is 0.300 e. The van der Waals surface area contributed by atoms with E-state index in [1.54, 1.807) is 12.1 Å². The van der Waals surface area contributed by atoms with Crippen LogP contribution in [-0.4, -0.2) is 26.8 Å². The first kappa shape index (κ1) is 17.0. The van der Waals surface area contributed by atoms with Gasteiger partial charge in [0.25, 0.3) is 0 Å². The summed E-state index contributed by atoms with van der Waals surface area (Å²) in [6.07, 6.45) is 0.799. The normalized spacial score (nSPS) is 10.8. The van der Waals surface area contributed by atoms with Crippen LogP contribution in [0, 0.1) is 5.82 Å². The predicted octanol–water partition coefficient (Wildman–Crippen LogP) is 4.09. The number of thiazole rings is 1. The van der Waals surface area contributed by atoms with Crippen molar-refractivity contribution in [1.82, 2.24) is 15.2 Å². The summed E-state index contributed by atoms with van der Waals surface area (Å²) in [6, 6.07) is 6.18. The van der Waals surface area contributed by atoms with Gasteiger partial charge in [-0.25, -0.2) is 9.37 Å².